The Balaban J connectivity index is 2.28. The topological polar surface area (TPSA) is 29.1 Å². The van der Waals surface area contributed by atoms with Crippen LogP contribution in [0.2, 0.25) is 0 Å². The van der Waals surface area contributed by atoms with Gasteiger partial charge in [0, 0.05) is 10.0 Å². The number of rotatable bonds is 2. The first kappa shape index (κ1) is 13.7. The van der Waals surface area contributed by atoms with E-state index in [9.17, 15) is 9.18 Å². The molecule has 0 saturated carbocycles. The fraction of sp³-hybridized carbons (Fsp3) is 0.133. The summed E-state index contributed by atoms with van der Waals surface area (Å²) in [7, 11) is 0. The van der Waals surface area contributed by atoms with Crippen LogP contribution < -0.4 is 5.32 Å². The molecule has 0 atom stereocenters. The highest BCUT2D eigenvalue weighted by Crippen LogP contribution is 2.26. The smallest absolute Gasteiger partial charge is 0.255 e. The van der Waals surface area contributed by atoms with Crippen LogP contribution >= 0.6 is 15.9 Å². The Bertz CT molecular complexity index is 620. The first-order chi connectivity index (χ1) is 8.97. The van der Waals surface area contributed by atoms with Crippen molar-refractivity contribution in [3.8, 4) is 0 Å². The molecule has 2 rings (SSSR count). The van der Waals surface area contributed by atoms with Crippen LogP contribution in [0.5, 0.6) is 0 Å². The second kappa shape index (κ2) is 5.53. The first-order valence-corrected chi connectivity index (χ1v) is 6.60. The molecule has 0 aliphatic rings. The van der Waals surface area contributed by atoms with Gasteiger partial charge >= 0.3 is 0 Å². The molecule has 98 valence electrons. The van der Waals surface area contributed by atoms with Gasteiger partial charge in [0.25, 0.3) is 5.91 Å². The zero-order valence-electron chi connectivity index (χ0n) is 10.6. The van der Waals surface area contributed by atoms with E-state index in [2.05, 4.69) is 21.2 Å². The van der Waals surface area contributed by atoms with E-state index in [4.69, 9.17) is 0 Å². The molecule has 0 saturated heterocycles. The van der Waals surface area contributed by atoms with Crippen molar-refractivity contribution < 1.29 is 9.18 Å². The number of carbonyl (C=O) groups excluding carboxylic acids is 1. The number of aryl methyl sites for hydroxylation is 2. The van der Waals surface area contributed by atoms with Crippen LogP contribution in [0.3, 0.4) is 0 Å². The summed E-state index contributed by atoms with van der Waals surface area (Å²) in [6, 6.07) is 9.85. The van der Waals surface area contributed by atoms with Gasteiger partial charge in [0.1, 0.15) is 5.82 Å². The summed E-state index contributed by atoms with van der Waals surface area (Å²) in [4.78, 5) is 12.1. The molecule has 0 aliphatic heterocycles. The zero-order valence-corrected chi connectivity index (χ0v) is 12.2. The van der Waals surface area contributed by atoms with E-state index in [0.29, 0.717) is 16.8 Å². The molecule has 0 radical (unpaired) electrons. The molecule has 2 aromatic carbocycles. The molecule has 0 unspecified atom stereocenters. The molecule has 0 fully saturated rings. The molecule has 0 heterocycles. The third-order valence-electron chi connectivity index (χ3n) is 2.74. The number of amides is 1. The molecular formula is C15H13BrFNO. The normalized spacial score (nSPS) is 10.3. The maximum atomic E-state index is 13.3. The van der Waals surface area contributed by atoms with E-state index < -0.39 is 5.82 Å². The lowest BCUT2D eigenvalue weighted by molar-refractivity contribution is 0.102. The van der Waals surface area contributed by atoms with Gasteiger partial charge in [-0.1, -0.05) is 12.1 Å². The second-order valence-electron chi connectivity index (χ2n) is 4.41. The van der Waals surface area contributed by atoms with Gasteiger partial charge in [-0.15, -0.1) is 0 Å². The molecule has 2 nitrogen and oxygen atoms in total. The van der Waals surface area contributed by atoms with Crippen molar-refractivity contribution in [2.24, 2.45) is 0 Å². The number of hydrogen-bond donors (Lipinski definition) is 1. The van der Waals surface area contributed by atoms with Gasteiger partial charge in [-0.3, -0.25) is 4.79 Å². The monoisotopic (exact) mass is 321 g/mol. The third kappa shape index (κ3) is 3.20. The van der Waals surface area contributed by atoms with Crippen LogP contribution in [-0.4, -0.2) is 5.91 Å². The van der Waals surface area contributed by atoms with Crippen LogP contribution in [0.4, 0.5) is 10.1 Å². The Morgan fingerprint density at radius 2 is 1.95 bits per heavy atom. The standard InChI is InChI=1S/C15H13BrFNO/c1-9-6-11(8-12(17)7-9)15(19)18-13-5-3-4-10(2)14(13)16/h3-8H,1-2H3,(H,18,19). The van der Waals surface area contributed by atoms with Crippen LogP contribution in [0, 0.1) is 19.7 Å². The molecule has 0 aliphatic carbocycles. The Morgan fingerprint density at radius 1 is 1.21 bits per heavy atom. The van der Waals surface area contributed by atoms with Crippen molar-refractivity contribution in [2.45, 2.75) is 13.8 Å². The number of anilines is 1. The van der Waals surface area contributed by atoms with E-state index in [1.54, 1.807) is 19.1 Å². The Hall–Kier alpha value is -1.68. The maximum Gasteiger partial charge on any atom is 0.255 e. The van der Waals surface area contributed by atoms with Gasteiger partial charge in [0.15, 0.2) is 0 Å². The Labute approximate surface area is 119 Å². The fourth-order valence-electron chi connectivity index (χ4n) is 1.81. The summed E-state index contributed by atoms with van der Waals surface area (Å²) in [5.74, 6) is -0.734. The predicted molar refractivity (Wildman–Crippen MR) is 78.0 cm³/mol. The number of nitrogens with one attached hydrogen (secondary N) is 1. The molecule has 1 N–H and O–H groups in total. The van der Waals surface area contributed by atoms with Crippen LogP contribution in [0.1, 0.15) is 21.5 Å². The van der Waals surface area contributed by atoms with Crippen molar-refractivity contribution >= 4 is 27.5 Å². The minimum atomic E-state index is -0.409. The summed E-state index contributed by atoms with van der Waals surface area (Å²) in [5, 5.41) is 2.77. The highest BCUT2D eigenvalue weighted by Gasteiger charge is 2.10. The Kier molecular flexibility index (Phi) is 4.00. The number of benzene rings is 2. The van der Waals surface area contributed by atoms with Gasteiger partial charge in [-0.05, 0) is 65.2 Å². The number of halogens is 2. The molecule has 1 amide bonds. The number of hydrogen-bond acceptors (Lipinski definition) is 1. The average Bonchev–Trinajstić information content (AvgIpc) is 2.33. The fourth-order valence-corrected chi connectivity index (χ4v) is 2.17. The van der Waals surface area contributed by atoms with Gasteiger partial charge in [0.05, 0.1) is 5.69 Å². The van der Waals surface area contributed by atoms with Gasteiger partial charge < -0.3 is 5.32 Å². The van der Waals surface area contributed by atoms with E-state index in [0.717, 1.165) is 10.0 Å². The summed E-state index contributed by atoms with van der Waals surface area (Å²) >= 11 is 3.42. The van der Waals surface area contributed by atoms with Crippen molar-refractivity contribution in [3.63, 3.8) is 0 Å². The summed E-state index contributed by atoms with van der Waals surface area (Å²) < 4.78 is 14.1. The van der Waals surface area contributed by atoms with Crippen LogP contribution in [-0.2, 0) is 0 Å². The van der Waals surface area contributed by atoms with Gasteiger partial charge in [-0.25, -0.2) is 4.39 Å². The summed E-state index contributed by atoms with van der Waals surface area (Å²) in [5.41, 5.74) is 2.72. The summed E-state index contributed by atoms with van der Waals surface area (Å²) in [6.07, 6.45) is 0. The summed E-state index contributed by atoms with van der Waals surface area (Å²) in [6.45, 7) is 3.69. The van der Waals surface area contributed by atoms with Gasteiger partial charge in [-0.2, -0.15) is 0 Å². The lowest BCUT2D eigenvalue weighted by Gasteiger charge is -2.09. The molecule has 0 aromatic heterocycles. The lowest BCUT2D eigenvalue weighted by atomic mass is 10.1. The third-order valence-corrected chi connectivity index (χ3v) is 3.80. The first-order valence-electron chi connectivity index (χ1n) is 5.81. The van der Waals surface area contributed by atoms with E-state index in [-0.39, 0.29) is 5.91 Å². The molecule has 4 heteroatoms. The molecule has 19 heavy (non-hydrogen) atoms. The minimum absolute atomic E-state index is 0.311. The number of carbonyl (C=O) groups is 1. The maximum absolute atomic E-state index is 13.3. The van der Waals surface area contributed by atoms with Crippen LogP contribution in [0.15, 0.2) is 40.9 Å². The van der Waals surface area contributed by atoms with E-state index in [1.807, 2.05) is 19.1 Å². The highest BCUT2D eigenvalue weighted by atomic mass is 79.9. The SMILES string of the molecule is Cc1cc(F)cc(C(=O)Nc2cccc(C)c2Br)c1. The lowest BCUT2D eigenvalue weighted by Crippen LogP contribution is -2.13. The second-order valence-corrected chi connectivity index (χ2v) is 5.20. The minimum Gasteiger partial charge on any atom is -0.321 e. The van der Waals surface area contributed by atoms with Crippen molar-refractivity contribution in [3.05, 3.63) is 63.4 Å². The Morgan fingerprint density at radius 3 is 2.63 bits per heavy atom. The van der Waals surface area contributed by atoms with Gasteiger partial charge in [0.2, 0.25) is 0 Å². The molecule has 2 aromatic rings. The molecule has 0 bridgehead atoms. The zero-order chi connectivity index (χ0) is 14.0. The van der Waals surface area contributed by atoms with Crippen molar-refractivity contribution in [1.82, 2.24) is 0 Å². The average molecular weight is 322 g/mol. The molecular weight excluding hydrogens is 309 g/mol. The highest BCUT2D eigenvalue weighted by molar-refractivity contribution is 9.10. The van der Waals surface area contributed by atoms with E-state index >= 15 is 0 Å². The largest absolute Gasteiger partial charge is 0.321 e. The van der Waals surface area contributed by atoms with E-state index in [1.165, 1.54) is 12.1 Å². The van der Waals surface area contributed by atoms with Crippen molar-refractivity contribution in [2.75, 3.05) is 5.32 Å². The quantitative estimate of drug-likeness (QED) is 0.869. The van der Waals surface area contributed by atoms with Crippen LogP contribution in [0.25, 0.3) is 0 Å². The predicted octanol–water partition coefficient (Wildman–Crippen LogP) is 4.46. The van der Waals surface area contributed by atoms with Crippen molar-refractivity contribution in [1.29, 1.82) is 0 Å². The molecule has 0 spiro atoms.